The van der Waals surface area contributed by atoms with E-state index in [4.69, 9.17) is 12.2 Å². The lowest BCUT2D eigenvalue weighted by atomic mass is 10.0. The second-order valence-electron chi connectivity index (χ2n) is 4.02. The molecule has 0 saturated heterocycles. The van der Waals surface area contributed by atoms with Gasteiger partial charge in [0.25, 0.3) is 0 Å². The monoisotopic (exact) mass is 273 g/mol. The van der Waals surface area contributed by atoms with Crippen molar-refractivity contribution >= 4 is 34.4 Å². The largest absolute Gasteiger partial charge is 0.353 e. The van der Waals surface area contributed by atoms with Crippen molar-refractivity contribution in [3.05, 3.63) is 52.5 Å². The molecule has 0 radical (unpaired) electrons. The van der Waals surface area contributed by atoms with E-state index in [1.807, 2.05) is 18.3 Å². The molecule has 1 aliphatic rings. The number of thiocarbonyl (C=S) groups is 1. The van der Waals surface area contributed by atoms with E-state index in [0.29, 0.717) is 5.11 Å². The van der Waals surface area contributed by atoms with Crippen LogP contribution in [0.3, 0.4) is 0 Å². The van der Waals surface area contributed by atoms with Gasteiger partial charge in [-0.2, -0.15) is 0 Å². The van der Waals surface area contributed by atoms with E-state index in [1.54, 1.807) is 17.5 Å². The lowest BCUT2D eigenvalue weighted by Gasteiger charge is -2.23. The van der Waals surface area contributed by atoms with Gasteiger partial charge in [0.1, 0.15) is 0 Å². The van der Waals surface area contributed by atoms with Crippen molar-refractivity contribution in [1.82, 2.24) is 10.3 Å². The summed E-state index contributed by atoms with van der Waals surface area (Å²) in [6.45, 7) is 0. The fourth-order valence-electron chi connectivity index (χ4n) is 1.97. The number of rotatable bonds is 2. The fourth-order valence-corrected chi connectivity index (χ4v) is 3.00. The minimum atomic E-state index is 0.227. The second-order valence-corrected chi connectivity index (χ2v) is 5.39. The summed E-state index contributed by atoms with van der Waals surface area (Å²) in [5.41, 5.74) is 2.05. The summed E-state index contributed by atoms with van der Waals surface area (Å²) in [7, 11) is 0. The zero-order valence-electron chi connectivity index (χ0n) is 9.54. The molecule has 2 aromatic heterocycles. The Hall–Kier alpha value is -1.59. The highest BCUT2D eigenvalue weighted by Gasteiger charge is 2.22. The van der Waals surface area contributed by atoms with Crippen molar-refractivity contribution in [2.75, 3.05) is 0 Å². The molecule has 0 aromatic carbocycles. The molecule has 0 fully saturated rings. The van der Waals surface area contributed by atoms with Crippen LogP contribution in [0.15, 0.2) is 47.0 Å². The second kappa shape index (κ2) is 4.96. The molecule has 2 aromatic rings. The topological polar surface area (TPSA) is 37.3 Å². The number of hydrogen-bond acceptors (Lipinski definition) is 3. The van der Waals surface area contributed by atoms with Crippen molar-refractivity contribution in [3.8, 4) is 0 Å². The van der Waals surface area contributed by atoms with Crippen molar-refractivity contribution < 1.29 is 0 Å². The van der Waals surface area contributed by atoms with Gasteiger partial charge in [-0.3, -0.25) is 4.98 Å². The minimum absolute atomic E-state index is 0.227. The number of hydrogen-bond donors (Lipinski definition) is 1. The molecule has 90 valence electrons. The zero-order valence-corrected chi connectivity index (χ0v) is 11.2. The van der Waals surface area contributed by atoms with E-state index >= 15 is 0 Å². The van der Waals surface area contributed by atoms with E-state index in [1.165, 1.54) is 4.88 Å². The highest BCUT2D eigenvalue weighted by molar-refractivity contribution is 7.80. The van der Waals surface area contributed by atoms with Crippen LogP contribution in [0.5, 0.6) is 0 Å². The van der Waals surface area contributed by atoms with E-state index in [2.05, 4.69) is 32.8 Å². The Morgan fingerprint density at radius 1 is 1.33 bits per heavy atom. The molecule has 5 heteroatoms. The summed E-state index contributed by atoms with van der Waals surface area (Å²) in [5.74, 6) is 0. The summed E-state index contributed by atoms with van der Waals surface area (Å²) in [6.07, 6.45) is 4.44. The van der Waals surface area contributed by atoms with Gasteiger partial charge in [-0.05, 0) is 29.7 Å². The molecule has 0 aliphatic carbocycles. The standard InChI is InChI=1S/C13H11N3S2/c17-13-15-10(9-3-1-5-14-8-9)7-11(16-13)12-4-2-6-18-12/h1-6,8,11H,7H2,(H,16,17). The smallest absolute Gasteiger partial charge is 0.193 e. The molecule has 1 aliphatic heterocycles. The molecule has 0 bridgehead atoms. The van der Waals surface area contributed by atoms with Crippen molar-refractivity contribution in [2.24, 2.45) is 4.99 Å². The zero-order chi connectivity index (χ0) is 12.4. The molecule has 1 unspecified atom stereocenters. The summed E-state index contributed by atoms with van der Waals surface area (Å²) < 4.78 is 0. The van der Waals surface area contributed by atoms with Crippen LogP contribution in [0.4, 0.5) is 0 Å². The van der Waals surface area contributed by atoms with Gasteiger partial charge < -0.3 is 5.32 Å². The summed E-state index contributed by atoms with van der Waals surface area (Å²) in [5, 5.41) is 5.89. The number of thiophene rings is 1. The first-order valence-corrected chi connectivity index (χ1v) is 6.93. The van der Waals surface area contributed by atoms with E-state index in [9.17, 15) is 0 Å². The Kier molecular flexibility index (Phi) is 3.17. The maximum absolute atomic E-state index is 5.22. The van der Waals surface area contributed by atoms with Gasteiger partial charge in [0.15, 0.2) is 5.11 Å². The highest BCUT2D eigenvalue weighted by Crippen LogP contribution is 2.26. The predicted octanol–water partition coefficient (Wildman–Crippen LogP) is 2.95. The molecule has 3 rings (SSSR count). The van der Waals surface area contributed by atoms with Crippen LogP contribution in [0.25, 0.3) is 0 Å². The molecular weight excluding hydrogens is 262 g/mol. The molecular formula is C13H11N3S2. The van der Waals surface area contributed by atoms with Gasteiger partial charge in [-0.15, -0.1) is 11.3 Å². The molecule has 0 spiro atoms. The molecule has 1 atom stereocenters. The first kappa shape index (κ1) is 11.5. The van der Waals surface area contributed by atoms with Crippen LogP contribution >= 0.6 is 23.6 Å². The highest BCUT2D eigenvalue weighted by atomic mass is 32.1. The predicted molar refractivity (Wildman–Crippen MR) is 78.2 cm³/mol. The van der Waals surface area contributed by atoms with E-state index in [-0.39, 0.29) is 6.04 Å². The van der Waals surface area contributed by atoms with Gasteiger partial charge in [0.05, 0.1) is 11.8 Å². The van der Waals surface area contributed by atoms with Gasteiger partial charge in [-0.25, -0.2) is 4.99 Å². The Labute approximate surface area is 115 Å². The number of aliphatic imine (C=N–C) groups is 1. The van der Waals surface area contributed by atoms with Crippen LogP contribution in [0.1, 0.15) is 22.9 Å². The molecule has 0 amide bonds. The Balaban J connectivity index is 1.90. The summed E-state index contributed by atoms with van der Waals surface area (Å²) >= 11 is 6.96. The Morgan fingerprint density at radius 3 is 3.00 bits per heavy atom. The van der Waals surface area contributed by atoms with Gasteiger partial charge >= 0.3 is 0 Å². The first-order valence-electron chi connectivity index (χ1n) is 5.65. The lowest BCUT2D eigenvalue weighted by molar-refractivity contribution is 0.677. The quantitative estimate of drug-likeness (QED) is 0.855. The lowest BCUT2D eigenvalue weighted by Crippen LogP contribution is -2.32. The van der Waals surface area contributed by atoms with Crippen molar-refractivity contribution in [2.45, 2.75) is 12.5 Å². The van der Waals surface area contributed by atoms with Crippen molar-refractivity contribution in [1.29, 1.82) is 0 Å². The molecule has 18 heavy (non-hydrogen) atoms. The third-order valence-electron chi connectivity index (χ3n) is 2.81. The normalized spacial score (nSPS) is 19.2. The average molecular weight is 273 g/mol. The molecule has 3 heterocycles. The van der Waals surface area contributed by atoms with E-state index < -0.39 is 0 Å². The number of aromatic nitrogens is 1. The Morgan fingerprint density at radius 2 is 2.28 bits per heavy atom. The van der Waals surface area contributed by atoms with Crippen LogP contribution in [0.2, 0.25) is 0 Å². The number of nitrogens with zero attached hydrogens (tertiary/aromatic N) is 2. The van der Waals surface area contributed by atoms with Gasteiger partial charge in [-0.1, -0.05) is 12.1 Å². The van der Waals surface area contributed by atoms with Gasteiger partial charge in [0.2, 0.25) is 0 Å². The minimum Gasteiger partial charge on any atom is -0.353 e. The summed E-state index contributed by atoms with van der Waals surface area (Å²) in [4.78, 5) is 9.83. The fraction of sp³-hybridized carbons (Fsp3) is 0.154. The van der Waals surface area contributed by atoms with E-state index in [0.717, 1.165) is 17.7 Å². The number of pyridine rings is 1. The molecule has 1 N–H and O–H groups in total. The molecule has 3 nitrogen and oxygen atoms in total. The van der Waals surface area contributed by atoms with Crippen LogP contribution in [-0.2, 0) is 0 Å². The van der Waals surface area contributed by atoms with Gasteiger partial charge in [0, 0.05) is 29.3 Å². The average Bonchev–Trinajstić information content (AvgIpc) is 2.93. The maximum Gasteiger partial charge on any atom is 0.193 e. The maximum atomic E-state index is 5.22. The van der Waals surface area contributed by atoms with Crippen LogP contribution in [0, 0.1) is 0 Å². The van der Waals surface area contributed by atoms with Crippen LogP contribution < -0.4 is 5.32 Å². The number of nitrogens with one attached hydrogen (secondary N) is 1. The van der Waals surface area contributed by atoms with Crippen LogP contribution in [-0.4, -0.2) is 15.8 Å². The van der Waals surface area contributed by atoms with Crippen molar-refractivity contribution in [3.63, 3.8) is 0 Å². The Bertz CT molecular complexity index is 576. The SMILES string of the molecule is S=C1N=C(c2cccnc2)CC(c2cccs2)N1. The third-order valence-corrected chi connectivity index (χ3v) is 4.01. The third kappa shape index (κ3) is 2.32. The molecule has 0 saturated carbocycles. The first-order chi connectivity index (χ1) is 8.83. The summed E-state index contributed by atoms with van der Waals surface area (Å²) in [6, 6.07) is 8.34.